The van der Waals surface area contributed by atoms with Gasteiger partial charge >= 0.3 is 0 Å². The van der Waals surface area contributed by atoms with E-state index in [0.717, 1.165) is 18.8 Å². The van der Waals surface area contributed by atoms with E-state index in [0.29, 0.717) is 0 Å². The first-order valence-corrected chi connectivity index (χ1v) is 5.29. The van der Waals surface area contributed by atoms with E-state index >= 15 is 0 Å². The van der Waals surface area contributed by atoms with Crippen LogP contribution >= 0.6 is 0 Å². The normalized spacial score (nSPS) is 16.9. The van der Waals surface area contributed by atoms with Gasteiger partial charge in [-0.05, 0) is 39.5 Å². The Morgan fingerprint density at radius 2 is 1.77 bits per heavy atom. The fourth-order valence-corrected chi connectivity index (χ4v) is 1.60. The van der Waals surface area contributed by atoms with Gasteiger partial charge in [0.1, 0.15) is 0 Å². The van der Waals surface area contributed by atoms with Crippen LogP contribution in [0.25, 0.3) is 0 Å². The highest BCUT2D eigenvalue weighted by molar-refractivity contribution is 5.85. The first-order valence-electron chi connectivity index (χ1n) is 5.29. The average molecular weight is 180 g/mol. The minimum atomic E-state index is 0.867. The molecule has 0 bridgehead atoms. The van der Waals surface area contributed by atoms with Crippen LogP contribution < -0.4 is 0 Å². The van der Waals surface area contributed by atoms with Gasteiger partial charge in [0.25, 0.3) is 0 Å². The first kappa shape index (κ1) is 10.4. The topological polar surface area (TPSA) is 24.7 Å². The Kier molecular flexibility index (Phi) is 4.73. The van der Waals surface area contributed by atoms with Gasteiger partial charge in [0.05, 0.1) is 13.1 Å². The summed E-state index contributed by atoms with van der Waals surface area (Å²) < 4.78 is 0. The van der Waals surface area contributed by atoms with Crippen LogP contribution in [0.4, 0.5) is 0 Å². The summed E-state index contributed by atoms with van der Waals surface area (Å²) in [5.74, 6) is 0. The number of hydrogen-bond donors (Lipinski definition) is 0. The van der Waals surface area contributed by atoms with Gasteiger partial charge in [0.15, 0.2) is 0 Å². The highest BCUT2D eigenvalue weighted by Gasteiger charge is 2.05. The predicted octanol–water partition coefficient (Wildman–Crippen LogP) is 2.87. The van der Waals surface area contributed by atoms with E-state index in [4.69, 9.17) is 0 Å². The Hall–Kier alpha value is -0.660. The number of hydrogen-bond acceptors (Lipinski definition) is 2. The lowest BCUT2D eigenvalue weighted by Crippen LogP contribution is -2.06. The lowest BCUT2D eigenvalue weighted by molar-refractivity contribution is 0.663. The summed E-state index contributed by atoms with van der Waals surface area (Å²) in [5.41, 5.74) is 2.58. The summed E-state index contributed by atoms with van der Waals surface area (Å²) in [6.45, 7) is 5.83. The van der Waals surface area contributed by atoms with Crippen LogP contribution in [0.15, 0.2) is 9.98 Å². The molecule has 1 saturated carbocycles. The molecule has 0 aliphatic heterocycles. The van der Waals surface area contributed by atoms with Crippen molar-refractivity contribution in [2.24, 2.45) is 9.98 Å². The van der Waals surface area contributed by atoms with Crippen molar-refractivity contribution in [1.29, 1.82) is 0 Å². The molecule has 0 saturated heterocycles. The van der Waals surface area contributed by atoms with Crippen LogP contribution in [0.1, 0.15) is 46.0 Å². The summed E-state index contributed by atoms with van der Waals surface area (Å²) in [6.07, 6.45) is 6.54. The fourth-order valence-electron chi connectivity index (χ4n) is 1.60. The van der Waals surface area contributed by atoms with Crippen LogP contribution in [0.3, 0.4) is 0 Å². The second-order valence-corrected chi connectivity index (χ2v) is 3.84. The molecule has 0 spiro atoms. The molecule has 1 aliphatic carbocycles. The maximum absolute atomic E-state index is 4.56. The molecule has 0 unspecified atom stereocenters. The van der Waals surface area contributed by atoms with Gasteiger partial charge in [-0.15, -0.1) is 0 Å². The minimum Gasteiger partial charge on any atom is -0.293 e. The van der Waals surface area contributed by atoms with E-state index in [1.807, 2.05) is 13.8 Å². The predicted molar refractivity (Wildman–Crippen MR) is 59.0 cm³/mol. The molecule has 0 amide bonds. The van der Waals surface area contributed by atoms with E-state index < -0.39 is 0 Å². The third-order valence-electron chi connectivity index (χ3n) is 2.29. The van der Waals surface area contributed by atoms with Gasteiger partial charge in [0, 0.05) is 11.4 Å². The molecule has 2 heteroatoms. The number of nitrogens with zero attached hydrogens (tertiary/aromatic N) is 2. The molecule has 13 heavy (non-hydrogen) atoms. The highest BCUT2D eigenvalue weighted by Crippen LogP contribution is 2.14. The number of rotatable bonds is 3. The van der Waals surface area contributed by atoms with Crippen molar-refractivity contribution in [1.82, 2.24) is 0 Å². The van der Waals surface area contributed by atoms with Crippen LogP contribution in [0.2, 0.25) is 0 Å². The Labute approximate surface area is 81.2 Å². The molecule has 0 radical (unpaired) electrons. The van der Waals surface area contributed by atoms with Crippen molar-refractivity contribution in [2.45, 2.75) is 46.0 Å². The maximum atomic E-state index is 4.56. The highest BCUT2D eigenvalue weighted by atomic mass is 14.8. The zero-order chi connectivity index (χ0) is 9.52. The molecule has 0 aromatic carbocycles. The zero-order valence-electron chi connectivity index (χ0n) is 8.84. The van der Waals surface area contributed by atoms with Crippen LogP contribution in [-0.4, -0.2) is 24.5 Å². The van der Waals surface area contributed by atoms with Crippen molar-refractivity contribution < 1.29 is 0 Å². The van der Waals surface area contributed by atoms with Crippen molar-refractivity contribution in [3.05, 3.63) is 0 Å². The largest absolute Gasteiger partial charge is 0.293 e. The molecule has 1 rings (SSSR count). The summed E-state index contributed by atoms with van der Waals surface area (Å²) in [7, 11) is 0. The third kappa shape index (κ3) is 4.81. The smallest absolute Gasteiger partial charge is 0.0584 e. The van der Waals surface area contributed by atoms with Crippen LogP contribution in [0.5, 0.6) is 0 Å². The standard InChI is InChI=1S/C11H20N2/c1-10(2)12-8-9-13-11-6-4-3-5-7-11/h3-9H2,1-2H3. The second kappa shape index (κ2) is 5.90. The molecular weight excluding hydrogens is 160 g/mol. The van der Waals surface area contributed by atoms with E-state index in [-0.39, 0.29) is 0 Å². The van der Waals surface area contributed by atoms with E-state index in [1.165, 1.54) is 37.8 Å². The summed E-state index contributed by atoms with van der Waals surface area (Å²) in [6, 6.07) is 0. The van der Waals surface area contributed by atoms with E-state index in [1.54, 1.807) is 0 Å². The lowest BCUT2D eigenvalue weighted by atomic mass is 9.99. The third-order valence-corrected chi connectivity index (χ3v) is 2.29. The van der Waals surface area contributed by atoms with E-state index in [2.05, 4.69) is 9.98 Å². The Bertz CT molecular complexity index is 192. The lowest BCUT2D eigenvalue weighted by Gasteiger charge is -2.11. The first-order chi connectivity index (χ1) is 6.29. The van der Waals surface area contributed by atoms with Gasteiger partial charge in [-0.3, -0.25) is 9.98 Å². The van der Waals surface area contributed by atoms with Crippen molar-refractivity contribution in [3.63, 3.8) is 0 Å². The van der Waals surface area contributed by atoms with Gasteiger partial charge in [-0.25, -0.2) is 0 Å². The van der Waals surface area contributed by atoms with Gasteiger partial charge < -0.3 is 0 Å². The van der Waals surface area contributed by atoms with Crippen molar-refractivity contribution in [3.8, 4) is 0 Å². The average Bonchev–Trinajstić information content (AvgIpc) is 2.14. The zero-order valence-corrected chi connectivity index (χ0v) is 8.84. The van der Waals surface area contributed by atoms with Crippen molar-refractivity contribution >= 4 is 11.4 Å². The maximum Gasteiger partial charge on any atom is 0.0584 e. The fraction of sp³-hybridized carbons (Fsp3) is 0.818. The Morgan fingerprint density at radius 1 is 1.08 bits per heavy atom. The molecule has 0 N–H and O–H groups in total. The summed E-state index contributed by atoms with van der Waals surface area (Å²) >= 11 is 0. The van der Waals surface area contributed by atoms with E-state index in [9.17, 15) is 0 Å². The molecule has 1 aliphatic rings. The van der Waals surface area contributed by atoms with Gasteiger partial charge in [-0.2, -0.15) is 0 Å². The Balaban J connectivity index is 2.18. The summed E-state index contributed by atoms with van der Waals surface area (Å²) in [4.78, 5) is 8.88. The van der Waals surface area contributed by atoms with Gasteiger partial charge in [-0.1, -0.05) is 6.42 Å². The molecule has 74 valence electrons. The molecule has 0 aromatic rings. The minimum absolute atomic E-state index is 0.867. The monoisotopic (exact) mass is 180 g/mol. The number of aliphatic imine (C=N–C) groups is 2. The Morgan fingerprint density at radius 3 is 2.38 bits per heavy atom. The summed E-state index contributed by atoms with van der Waals surface area (Å²) in [5, 5.41) is 0. The molecule has 2 nitrogen and oxygen atoms in total. The quantitative estimate of drug-likeness (QED) is 0.471. The van der Waals surface area contributed by atoms with Crippen LogP contribution in [0, 0.1) is 0 Å². The molecule has 0 aromatic heterocycles. The molecule has 0 heterocycles. The second-order valence-electron chi connectivity index (χ2n) is 3.84. The molecule has 0 atom stereocenters. The molecule has 1 fully saturated rings. The van der Waals surface area contributed by atoms with Gasteiger partial charge in [0.2, 0.25) is 0 Å². The van der Waals surface area contributed by atoms with Crippen LogP contribution in [-0.2, 0) is 0 Å². The SMILES string of the molecule is CC(C)=NCCN=C1CCCCC1. The molecular formula is C11H20N2. The van der Waals surface area contributed by atoms with Crippen molar-refractivity contribution in [2.75, 3.05) is 13.1 Å².